The zero-order chi connectivity index (χ0) is 15.9. The number of hydrogen-bond acceptors (Lipinski definition) is 4. The Balaban J connectivity index is 1.85. The number of thiocarbonyl (C=S) groups is 1. The van der Waals surface area contributed by atoms with Crippen molar-refractivity contribution >= 4 is 23.2 Å². The number of methoxy groups -OCH3 is 1. The van der Waals surface area contributed by atoms with E-state index in [2.05, 4.69) is 5.32 Å². The maximum Gasteiger partial charge on any atom is 0.257 e. The van der Waals surface area contributed by atoms with Gasteiger partial charge < -0.3 is 19.6 Å². The van der Waals surface area contributed by atoms with Crippen LogP contribution in [0.1, 0.15) is 10.4 Å². The molecule has 7 heteroatoms. The van der Waals surface area contributed by atoms with Crippen molar-refractivity contribution in [3.63, 3.8) is 0 Å². The Labute approximate surface area is 135 Å². The molecular formula is C15H22N3O3S+. The molecule has 1 heterocycles. The van der Waals surface area contributed by atoms with Crippen molar-refractivity contribution < 1.29 is 19.5 Å². The largest absolute Gasteiger partial charge is 0.497 e. The van der Waals surface area contributed by atoms with E-state index in [0.717, 1.165) is 32.7 Å². The minimum Gasteiger partial charge on any atom is -0.497 e. The fourth-order valence-corrected chi connectivity index (χ4v) is 2.70. The molecule has 1 saturated heterocycles. The van der Waals surface area contributed by atoms with E-state index in [9.17, 15) is 4.79 Å². The molecular weight excluding hydrogens is 302 g/mol. The molecule has 1 aliphatic rings. The van der Waals surface area contributed by atoms with E-state index in [1.165, 1.54) is 4.90 Å². The fraction of sp³-hybridized carbons (Fsp3) is 0.467. The Morgan fingerprint density at radius 3 is 2.55 bits per heavy atom. The van der Waals surface area contributed by atoms with Crippen LogP contribution in [-0.4, -0.2) is 67.5 Å². The number of carbonyl (C=O) groups excluding carboxylic acids is 1. The molecule has 1 aliphatic heterocycles. The number of ether oxygens (including phenoxy) is 1. The van der Waals surface area contributed by atoms with Crippen LogP contribution in [0.3, 0.4) is 0 Å². The first-order chi connectivity index (χ1) is 10.6. The van der Waals surface area contributed by atoms with E-state index in [1.807, 2.05) is 4.90 Å². The van der Waals surface area contributed by atoms with Crippen molar-refractivity contribution in [1.82, 2.24) is 10.2 Å². The van der Waals surface area contributed by atoms with Crippen LogP contribution in [0.25, 0.3) is 0 Å². The number of aliphatic hydroxyl groups excluding tert-OH is 1. The van der Waals surface area contributed by atoms with Crippen LogP contribution in [0, 0.1) is 0 Å². The summed E-state index contributed by atoms with van der Waals surface area (Å²) in [6, 6.07) is 6.91. The van der Waals surface area contributed by atoms with Gasteiger partial charge in [-0.2, -0.15) is 0 Å². The molecule has 1 amide bonds. The monoisotopic (exact) mass is 324 g/mol. The molecule has 0 spiro atoms. The number of nitrogens with zero attached hydrogens (tertiary/aromatic N) is 1. The van der Waals surface area contributed by atoms with Gasteiger partial charge in [-0.3, -0.25) is 10.1 Å². The molecule has 0 atom stereocenters. The highest BCUT2D eigenvalue weighted by molar-refractivity contribution is 7.80. The normalized spacial score (nSPS) is 15.5. The SMILES string of the molecule is COc1ccc(C(=O)NC(=S)N2CC[NH+](CCO)CC2)cc1. The van der Waals surface area contributed by atoms with Crippen LogP contribution < -0.4 is 15.0 Å². The molecule has 0 aliphatic carbocycles. The van der Waals surface area contributed by atoms with Crippen LogP contribution in [0.5, 0.6) is 5.75 Å². The van der Waals surface area contributed by atoms with E-state index in [1.54, 1.807) is 31.4 Å². The van der Waals surface area contributed by atoms with Gasteiger partial charge in [0.05, 0.1) is 39.9 Å². The molecule has 120 valence electrons. The van der Waals surface area contributed by atoms with Gasteiger partial charge in [0.1, 0.15) is 12.3 Å². The highest BCUT2D eigenvalue weighted by Crippen LogP contribution is 2.11. The summed E-state index contributed by atoms with van der Waals surface area (Å²) in [7, 11) is 1.59. The van der Waals surface area contributed by atoms with E-state index in [4.69, 9.17) is 22.1 Å². The van der Waals surface area contributed by atoms with Crippen molar-refractivity contribution in [2.45, 2.75) is 0 Å². The number of rotatable bonds is 4. The third-order valence-corrected chi connectivity index (χ3v) is 4.16. The molecule has 0 bridgehead atoms. The quantitative estimate of drug-likeness (QED) is 0.614. The highest BCUT2D eigenvalue weighted by Gasteiger charge is 2.22. The summed E-state index contributed by atoms with van der Waals surface area (Å²) in [6.45, 7) is 4.37. The zero-order valence-electron chi connectivity index (χ0n) is 12.7. The fourth-order valence-electron chi connectivity index (χ4n) is 2.42. The molecule has 1 fully saturated rings. The Morgan fingerprint density at radius 2 is 2.00 bits per heavy atom. The topological polar surface area (TPSA) is 66.2 Å². The Bertz CT molecular complexity index is 513. The van der Waals surface area contributed by atoms with Gasteiger partial charge in [-0.15, -0.1) is 0 Å². The highest BCUT2D eigenvalue weighted by atomic mass is 32.1. The first-order valence-electron chi connectivity index (χ1n) is 7.32. The van der Waals surface area contributed by atoms with Crippen molar-refractivity contribution in [2.75, 3.05) is 46.4 Å². The lowest BCUT2D eigenvalue weighted by atomic mass is 10.2. The summed E-state index contributed by atoms with van der Waals surface area (Å²) in [5.41, 5.74) is 0.549. The number of benzene rings is 1. The van der Waals surface area contributed by atoms with Gasteiger partial charge in [0.15, 0.2) is 5.11 Å². The Morgan fingerprint density at radius 1 is 1.36 bits per heavy atom. The summed E-state index contributed by atoms with van der Waals surface area (Å²) in [4.78, 5) is 15.5. The number of quaternary nitrogens is 1. The Kier molecular flexibility index (Phi) is 6.11. The van der Waals surface area contributed by atoms with Crippen molar-refractivity contribution in [3.05, 3.63) is 29.8 Å². The van der Waals surface area contributed by atoms with Crippen molar-refractivity contribution in [3.8, 4) is 5.75 Å². The van der Waals surface area contributed by atoms with E-state index in [0.29, 0.717) is 16.4 Å². The molecule has 1 aromatic rings. The predicted octanol–water partition coefficient (Wildman–Crippen LogP) is -1.10. The number of piperazine rings is 1. The minimum absolute atomic E-state index is 0.202. The second kappa shape index (κ2) is 8.07. The molecule has 6 nitrogen and oxygen atoms in total. The number of hydrogen-bond donors (Lipinski definition) is 3. The lowest BCUT2D eigenvalue weighted by Crippen LogP contribution is -3.15. The lowest BCUT2D eigenvalue weighted by Gasteiger charge is -2.33. The molecule has 1 aromatic carbocycles. The summed E-state index contributed by atoms with van der Waals surface area (Å²) in [5.74, 6) is 0.500. The summed E-state index contributed by atoms with van der Waals surface area (Å²) >= 11 is 5.31. The number of nitrogens with one attached hydrogen (secondary N) is 2. The van der Waals surface area contributed by atoms with Crippen LogP contribution in [-0.2, 0) is 0 Å². The lowest BCUT2D eigenvalue weighted by molar-refractivity contribution is -0.904. The average molecular weight is 324 g/mol. The molecule has 0 unspecified atom stereocenters. The molecule has 0 aromatic heterocycles. The number of carbonyl (C=O) groups is 1. The maximum atomic E-state index is 12.2. The summed E-state index contributed by atoms with van der Waals surface area (Å²) in [6.07, 6.45) is 0. The molecule has 0 saturated carbocycles. The first-order valence-corrected chi connectivity index (χ1v) is 7.73. The van der Waals surface area contributed by atoms with Crippen LogP contribution in [0.4, 0.5) is 0 Å². The van der Waals surface area contributed by atoms with Gasteiger partial charge in [0, 0.05) is 5.56 Å². The third kappa shape index (κ3) is 4.40. The smallest absolute Gasteiger partial charge is 0.257 e. The second-order valence-corrected chi connectivity index (χ2v) is 5.59. The van der Waals surface area contributed by atoms with Gasteiger partial charge in [-0.05, 0) is 36.5 Å². The standard InChI is InChI=1S/C15H21N3O3S/c1-21-13-4-2-12(3-5-13)14(20)16-15(22)18-8-6-17(7-9-18)10-11-19/h2-5,19H,6-11H2,1H3,(H,16,20,22)/p+1. The van der Waals surface area contributed by atoms with Gasteiger partial charge in [0.2, 0.25) is 0 Å². The number of amides is 1. The van der Waals surface area contributed by atoms with Crippen LogP contribution in [0.15, 0.2) is 24.3 Å². The van der Waals surface area contributed by atoms with Gasteiger partial charge in [0.25, 0.3) is 5.91 Å². The van der Waals surface area contributed by atoms with Gasteiger partial charge >= 0.3 is 0 Å². The minimum atomic E-state index is -0.210. The molecule has 0 radical (unpaired) electrons. The van der Waals surface area contributed by atoms with E-state index >= 15 is 0 Å². The summed E-state index contributed by atoms with van der Waals surface area (Å²) < 4.78 is 5.07. The average Bonchev–Trinajstić information content (AvgIpc) is 2.55. The maximum absolute atomic E-state index is 12.2. The van der Waals surface area contributed by atoms with Crippen LogP contribution in [0.2, 0.25) is 0 Å². The zero-order valence-corrected chi connectivity index (χ0v) is 13.5. The van der Waals surface area contributed by atoms with Crippen molar-refractivity contribution in [1.29, 1.82) is 0 Å². The summed E-state index contributed by atoms with van der Waals surface area (Å²) in [5, 5.41) is 12.2. The predicted molar refractivity (Wildman–Crippen MR) is 87.3 cm³/mol. The molecule has 22 heavy (non-hydrogen) atoms. The van der Waals surface area contributed by atoms with E-state index in [-0.39, 0.29) is 12.5 Å². The van der Waals surface area contributed by atoms with Crippen molar-refractivity contribution in [2.24, 2.45) is 0 Å². The molecule has 3 N–H and O–H groups in total. The third-order valence-electron chi connectivity index (χ3n) is 3.80. The molecule has 2 rings (SSSR count). The number of aliphatic hydroxyl groups is 1. The van der Waals surface area contributed by atoms with Crippen LogP contribution >= 0.6 is 12.2 Å². The van der Waals surface area contributed by atoms with E-state index < -0.39 is 0 Å². The first kappa shape index (κ1) is 16.7. The Hall–Kier alpha value is -1.70. The second-order valence-electron chi connectivity index (χ2n) is 5.20. The van der Waals surface area contributed by atoms with Gasteiger partial charge in [-0.25, -0.2) is 0 Å². The van der Waals surface area contributed by atoms with Gasteiger partial charge in [-0.1, -0.05) is 0 Å².